The van der Waals surface area contributed by atoms with Crippen LogP contribution in [0.4, 0.5) is 0 Å². The van der Waals surface area contributed by atoms with E-state index in [1.165, 1.54) is 6.07 Å². The van der Waals surface area contributed by atoms with Gasteiger partial charge in [-0.25, -0.2) is 0 Å². The van der Waals surface area contributed by atoms with Crippen molar-refractivity contribution in [1.29, 1.82) is 0 Å². The zero-order valence-electron chi connectivity index (χ0n) is 10.0. The molecule has 0 atom stereocenters. The fourth-order valence-corrected chi connectivity index (χ4v) is 2.07. The van der Waals surface area contributed by atoms with E-state index in [9.17, 15) is 9.90 Å². The third-order valence-electron chi connectivity index (χ3n) is 2.98. The summed E-state index contributed by atoms with van der Waals surface area (Å²) in [5.74, 6) is 0.495. The van der Waals surface area contributed by atoms with Gasteiger partial charge in [0.1, 0.15) is 11.3 Å². The maximum Gasteiger partial charge on any atom is 0.193 e. The largest absolute Gasteiger partial charge is 0.456 e. The first-order chi connectivity index (χ1) is 9.29. The second-order valence-corrected chi connectivity index (χ2v) is 4.16. The van der Waals surface area contributed by atoms with Crippen LogP contribution in [0.1, 0.15) is 5.56 Å². The summed E-state index contributed by atoms with van der Waals surface area (Å²) in [7, 11) is 0. The SMILES string of the molecule is O=c1cc(-c2ccncc2)oc2cccc(CO)c12. The van der Waals surface area contributed by atoms with Crippen LogP contribution in [0.2, 0.25) is 0 Å². The Kier molecular flexibility index (Phi) is 2.85. The molecule has 0 amide bonds. The van der Waals surface area contributed by atoms with Gasteiger partial charge in [0, 0.05) is 24.0 Å². The quantitative estimate of drug-likeness (QED) is 0.761. The minimum Gasteiger partial charge on any atom is -0.456 e. The van der Waals surface area contributed by atoms with E-state index in [0.717, 1.165) is 5.56 Å². The fourth-order valence-electron chi connectivity index (χ4n) is 2.07. The third kappa shape index (κ3) is 2.02. The van der Waals surface area contributed by atoms with Crippen LogP contribution in [0.15, 0.2) is 58.0 Å². The maximum atomic E-state index is 12.2. The number of hydrogen-bond donors (Lipinski definition) is 1. The number of aliphatic hydroxyl groups excluding tert-OH is 1. The van der Waals surface area contributed by atoms with Crippen LogP contribution < -0.4 is 5.43 Å². The average molecular weight is 253 g/mol. The van der Waals surface area contributed by atoms with E-state index in [1.54, 1.807) is 42.7 Å². The molecule has 0 saturated carbocycles. The van der Waals surface area contributed by atoms with Crippen molar-refractivity contribution in [1.82, 2.24) is 4.98 Å². The molecule has 3 aromatic rings. The topological polar surface area (TPSA) is 63.3 Å². The van der Waals surface area contributed by atoms with Crippen molar-refractivity contribution in [2.24, 2.45) is 0 Å². The molecule has 2 heterocycles. The van der Waals surface area contributed by atoms with Gasteiger partial charge in [-0.1, -0.05) is 12.1 Å². The second kappa shape index (κ2) is 4.66. The van der Waals surface area contributed by atoms with E-state index in [1.807, 2.05) is 0 Å². The zero-order chi connectivity index (χ0) is 13.2. The van der Waals surface area contributed by atoms with Gasteiger partial charge in [0.25, 0.3) is 0 Å². The first-order valence-corrected chi connectivity index (χ1v) is 5.86. The number of nitrogens with zero attached hydrogens (tertiary/aromatic N) is 1. The predicted octanol–water partition coefficient (Wildman–Crippen LogP) is 2.35. The molecular weight excluding hydrogens is 242 g/mol. The molecule has 0 aliphatic rings. The lowest BCUT2D eigenvalue weighted by Gasteiger charge is -2.05. The molecule has 1 aromatic carbocycles. The van der Waals surface area contributed by atoms with Gasteiger partial charge in [-0.3, -0.25) is 9.78 Å². The summed E-state index contributed by atoms with van der Waals surface area (Å²) in [5.41, 5.74) is 1.69. The summed E-state index contributed by atoms with van der Waals surface area (Å²) in [6, 6.07) is 10.2. The highest BCUT2D eigenvalue weighted by Gasteiger charge is 2.09. The lowest BCUT2D eigenvalue weighted by Crippen LogP contribution is -2.03. The molecule has 1 N–H and O–H groups in total. The van der Waals surface area contributed by atoms with Crippen molar-refractivity contribution in [3.05, 3.63) is 64.6 Å². The molecule has 94 valence electrons. The Bertz CT molecular complexity index is 778. The Morgan fingerprint density at radius 3 is 2.68 bits per heavy atom. The number of fused-ring (bicyclic) bond motifs is 1. The van der Waals surface area contributed by atoms with Gasteiger partial charge in [0.15, 0.2) is 5.43 Å². The van der Waals surface area contributed by atoms with Crippen molar-refractivity contribution >= 4 is 11.0 Å². The third-order valence-corrected chi connectivity index (χ3v) is 2.98. The molecule has 3 rings (SSSR count). The molecular formula is C15H11NO3. The van der Waals surface area contributed by atoms with Crippen molar-refractivity contribution < 1.29 is 9.52 Å². The molecule has 19 heavy (non-hydrogen) atoms. The lowest BCUT2D eigenvalue weighted by molar-refractivity contribution is 0.283. The highest BCUT2D eigenvalue weighted by Crippen LogP contribution is 2.23. The summed E-state index contributed by atoms with van der Waals surface area (Å²) in [6.07, 6.45) is 3.29. The smallest absolute Gasteiger partial charge is 0.193 e. The van der Waals surface area contributed by atoms with Gasteiger partial charge < -0.3 is 9.52 Å². The predicted molar refractivity (Wildman–Crippen MR) is 71.6 cm³/mol. The zero-order valence-corrected chi connectivity index (χ0v) is 10.0. The van der Waals surface area contributed by atoms with Crippen molar-refractivity contribution in [2.75, 3.05) is 0 Å². The molecule has 0 aliphatic carbocycles. The van der Waals surface area contributed by atoms with Crippen LogP contribution >= 0.6 is 0 Å². The minimum absolute atomic E-state index is 0.155. The highest BCUT2D eigenvalue weighted by molar-refractivity contribution is 5.81. The molecule has 0 bridgehead atoms. The van der Waals surface area contributed by atoms with Gasteiger partial charge in [0.2, 0.25) is 0 Å². The summed E-state index contributed by atoms with van der Waals surface area (Å²) in [5, 5.41) is 9.69. The lowest BCUT2D eigenvalue weighted by atomic mass is 10.1. The molecule has 0 unspecified atom stereocenters. The Labute approximate surface area is 109 Å². The molecule has 4 nitrogen and oxygen atoms in total. The van der Waals surface area contributed by atoms with Gasteiger partial charge in [0.05, 0.1) is 12.0 Å². The van der Waals surface area contributed by atoms with E-state index in [2.05, 4.69) is 4.98 Å². The normalized spacial score (nSPS) is 10.8. The highest BCUT2D eigenvalue weighted by atomic mass is 16.3. The summed E-state index contributed by atoms with van der Waals surface area (Å²) < 4.78 is 5.73. The number of pyridine rings is 1. The number of benzene rings is 1. The van der Waals surface area contributed by atoms with E-state index in [-0.39, 0.29) is 12.0 Å². The second-order valence-electron chi connectivity index (χ2n) is 4.16. The first-order valence-electron chi connectivity index (χ1n) is 5.86. The van der Waals surface area contributed by atoms with Crippen molar-refractivity contribution in [3.8, 4) is 11.3 Å². The first kappa shape index (κ1) is 11.6. The van der Waals surface area contributed by atoms with Crippen LogP contribution in [-0.2, 0) is 6.61 Å². The van der Waals surface area contributed by atoms with Crippen LogP contribution in [0, 0.1) is 0 Å². The van der Waals surface area contributed by atoms with Crippen molar-refractivity contribution in [3.63, 3.8) is 0 Å². The van der Waals surface area contributed by atoms with E-state index in [0.29, 0.717) is 22.3 Å². The minimum atomic E-state index is -0.184. The Morgan fingerprint density at radius 1 is 1.16 bits per heavy atom. The molecule has 4 heteroatoms. The van der Waals surface area contributed by atoms with Gasteiger partial charge >= 0.3 is 0 Å². The molecule has 0 fully saturated rings. The van der Waals surface area contributed by atoms with Gasteiger partial charge in [-0.15, -0.1) is 0 Å². The van der Waals surface area contributed by atoms with Crippen LogP contribution in [0.5, 0.6) is 0 Å². The van der Waals surface area contributed by atoms with E-state index in [4.69, 9.17) is 4.42 Å². The number of aliphatic hydroxyl groups is 1. The molecule has 2 aromatic heterocycles. The summed E-state index contributed by atoms with van der Waals surface area (Å²) >= 11 is 0. The Hall–Kier alpha value is -2.46. The van der Waals surface area contributed by atoms with Gasteiger partial charge in [-0.05, 0) is 23.8 Å². The van der Waals surface area contributed by atoms with E-state index >= 15 is 0 Å². The average Bonchev–Trinajstić information content (AvgIpc) is 2.47. The van der Waals surface area contributed by atoms with Crippen LogP contribution in [0.3, 0.4) is 0 Å². The Balaban J connectivity index is 2.30. The van der Waals surface area contributed by atoms with E-state index < -0.39 is 0 Å². The molecule has 0 radical (unpaired) electrons. The van der Waals surface area contributed by atoms with Crippen LogP contribution in [0.25, 0.3) is 22.3 Å². The number of hydrogen-bond acceptors (Lipinski definition) is 4. The standard InChI is InChI=1S/C15H11NO3/c17-9-11-2-1-3-13-15(11)12(18)8-14(19-13)10-4-6-16-7-5-10/h1-8,17H,9H2. The molecule has 0 spiro atoms. The Morgan fingerprint density at radius 2 is 1.95 bits per heavy atom. The maximum absolute atomic E-state index is 12.2. The fraction of sp³-hybridized carbons (Fsp3) is 0.0667. The number of rotatable bonds is 2. The van der Waals surface area contributed by atoms with Crippen molar-refractivity contribution in [2.45, 2.75) is 6.61 Å². The summed E-state index contributed by atoms with van der Waals surface area (Å²) in [6.45, 7) is -0.184. The molecule has 0 aliphatic heterocycles. The molecule has 0 saturated heterocycles. The van der Waals surface area contributed by atoms with Crippen LogP contribution in [-0.4, -0.2) is 10.1 Å². The van der Waals surface area contributed by atoms with Gasteiger partial charge in [-0.2, -0.15) is 0 Å². The monoisotopic (exact) mass is 253 g/mol. The summed E-state index contributed by atoms with van der Waals surface area (Å²) in [4.78, 5) is 16.1. The number of aromatic nitrogens is 1.